The minimum Gasteiger partial charge on any atom is -0.392 e. The number of thiocarbonyl (C=S) groups is 1. The van der Waals surface area contributed by atoms with Gasteiger partial charge in [-0.15, -0.1) is 0 Å². The molecule has 1 aliphatic rings. The quantitative estimate of drug-likeness (QED) is 0.395. The molecule has 0 amide bonds. The second-order valence-electron chi connectivity index (χ2n) is 8.78. The van der Waals surface area contributed by atoms with Gasteiger partial charge in [0.1, 0.15) is 5.82 Å². The van der Waals surface area contributed by atoms with Crippen molar-refractivity contribution in [3.05, 3.63) is 65.0 Å². The molecule has 1 saturated heterocycles. The molecule has 0 spiro atoms. The van der Waals surface area contributed by atoms with Crippen molar-refractivity contribution in [2.75, 3.05) is 45.2 Å². The van der Waals surface area contributed by atoms with Crippen molar-refractivity contribution in [3.63, 3.8) is 0 Å². The summed E-state index contributed by atoms with van der Waals surface area (Å²) >= 11 is 5.64. The Labute approximate surface area is 202 Å². The number of nitrogens with one attached hydrogen (secondary N) is 1. The molecule has 0 aromatic heterocycles. The van der Waals surface area contributed by atoms with Crippen molar-refractivity contribution in [1.29, 1.82) is 0 Å². The highest BCUT2D eigenvalue weighted by atomic mass is 32.1. The van der Waals surface area contributed by atoms with Crippen molar-refractivity contribution >= 4 is 23.0 Å². The Morgan fingerprint density at radius 3 is 2.73 bits per heavy atom. The van der Waals surface area contributed by atoms with Gasteiger partial charge in [0, 0.05) is 50.6 Å². The Bertz CT molecular complexity index is 903. The zero-order valence-electron chi connectivity index (χ0n) is 19.7. The summed E-state index contributed by atoms with van der Waals surface area (Å²) in [6.45, 7) is 6.49. The summed E-state index contributed by atoms with van der Waals surface area (Å²) in [6, 6.07) is 13.1. The largest absolute Gasteiger partial charge is 0.392 e. The number of likely N-dealkylation sites (tertiary alicyclic amines) is 1. The normalized spacial score (nSPS) is 14.9. The van der Waals surface area contributed by atoms with Gasteiger partial charge in [0.15, 0.2) is 5.11 Å². The molecule has 180 valence electrons. The number of hydrogen-bond acceptors (Lipinski definition) is 4. The molecule has 2 aromatic rings. The van der Waals surface area contributed by atoms with Crippen LogP contribution in [-0.4, -0.2) is 66.0 Å². The van der Waals surface area contributed by atoms with Gasteiger partial charge in [0.25, 0.3) is 0 Å². The molecule has 1 aliphatic heterocycles. The molecule has 0 radical (unpaired) electrons. The maximum Gasteiger partial charge on any atom is 0.173 e. The minimum atomic E-state index is -0.192. The van der Waals surface area contributed by atoms with Crippen LogP contribution in [0.1, 0.15) is 36.0 Å². The lowest BCUT2D eigenvalue weighted by Gasteiger charge is -2.38. The van der Waals surface area contributed by atoms with Crippen molar-refractivity contribution in [2.24, 2.45) is 0 Å². The zero-order chi connectivity index (χ0) is 23.6. The van der Waals surface area contributed by atoms with Crippen LogP contribution in [0.4, 0.5) is 10.1 Å². The number of aliphatic hydroxyl groups is 1. The smallest absolute Gasteiger partial charge is 0.173 e. The van der Waals surface area contributed by atoms with Crippen LogP contribution in [0.15, 0.2) is 42.5 Å². The van der Waals surface area contributed by atoms with Crippen LogP contribution in [0.5, 0.6) is 0 Å². The first-order valence-corrected chi connectivity index (χ1v) is 12.2. The summed E-state index contributed by atoms with van der Waals surface area (Å²) in [5.74, 6) is -0.192. The van der Waals surface area contributed by atoms with Gasteiger partial charge < -0.3 is 25.0 Å². The van der Waals surface area contributed by atoms with E-state index in [1.165, 1.54) is 6.07 Å². The molecule has 2 aromatic carbocycles. The maximum atomic E-state index is 13.2. The number of piperidine rings is 1. The number of nitrogens with zero attached hydrogens (tertiary/aromatic N) is 2. The van der Waals surface area contributed by atoms with Gasteiger partial charge in [-0.3, -0.25) is 0 Å². The molecule has 1 heterocycles. The maximum absolute atomic E-state index is 13.2. The van der Waals surface area contributed by atoms with Crippen LogP contribution in [0, 0.1) is 12.7 Å². The molecule has 0 bridgehead atoms. The molecule has 0 atom stereocenters. The van der Waals surface area contributed by atoms with E-state index in [4.69, 9.17) is 17.0 Å². The second-order valence-corrected chi connectivity index (χ2v) is 9.17. The van der Waals surface area contributed by atoms with Crippen molar-refractivity contribution < 1.29 is 14.2 Å². The standard InChI is InChI=1S/C26H36FN3O2S/c1-20-7-8-25(22(17-20)19-31)28-26(33)29(2)24-9-13-30(14-10-24)12-4-15-32-16-11-21-5-3-6-23(27)18-21/h3,5-8,17-18,24,31H,4,9-16,19H2,1-2H3,(H,28,33). The van der Waals surface area contributed by atoms with Gasteiger partial charge in [-0.1, -0.05) is 29.8 Å². The fourth-order valence-electron chi connectivity index (χ4n) is 4.25. The van der Waals surface area contributed by atoms with Gasteiger partial charge in [-0.05, 0) is 68.6 Å². The summed E-state index contributed by atoms with van der Waals surface area (Å²) < 4.78 is 18.9. The lowest BCUT2D eigenvalue weighted by Crippen LogP contribution is -2.47. The van der Waals surface area contributed by atoms with E-state index in [0.29, 0.717) is 17.8 Å². The van der Waals surface area contributed by atoms with Gasteiger partial charge >= 0.3 is 0 Å². The summed E-state index contributed by atoms with van der Waals surface area (Å²) in [5, 5.41) is 13.6. The van der Waals surface area contributed by atoms with E-state index in [9.17, 15) is 9.50 Å². The molecule has 0 saturated carbocycles. The summed E-state index contributed by atoms with van der Waals surface area (Å²) in [6.07, 6.45) is 3.88. The van der Waals surface area contributed by atoms with Crippen LogP contribution < -0.4 is 5.32 Å². The van der Waals surface area contributed by atoms with E-state index >= 15 is 0 Å². The number of rotatable bonds is 10. The Balaban J connectivity index is 1.31. The monoisotopic (exact) mass is 473 g/mol. The predicted molar refractivity (Wildman–Crippen MR) is 136 cm³/mol. The highest BCUT2D eigenvalue weighted by Crippen LogP contribution is 2.20. The number of aliphatic hydroxyl groups excluding tert-OH is 1. The van der Waals surface area contributed by atoms with E-state index in [-0.39, 0.29) is 12.4 Å². The number of benzene rings is 2. The number of aryl methyl sites for hydroxylation is 1. The highest BCUT2D eigenvalue weighted by Gasteiger charge is 2.24. The summed E-state index contributed by atoms with van der Waals surface area (Å²) in [4.78, 5) is 4.64. The van der Waals surface area contributed by atoms with E-state index in [2.05, 4.69) is 22.2 Å². The topological polar surface area (TPSA) is 48.0 Å². The minimum absolute atomic E-state index is 0.0107. The number of halogens is 1. The molecule has 33 heavy (non-hydrogen) atoms. The van der Waals surface area contributed by atoms with E-state index < -0.39 is 0 Å². The third-order valence-corrected chi connectivity index (χ3v) is 6.68. The number of hydrogen-bond donors (Lipinski definition) is 2. The molecular weight excluding hydrogens is 437 g/mol. The molecule has 3 rings (SSSR count). The van der Waals surface area contributed by atoms with Crippen LogP contribution in [0.25, 0.3) is 0 Å². The third-order valence-electron chi connectivity index (χ3n) is 6.28. The SMILES string of the molecule is Cc1ccc(NC(=S)N(C)C2CCN(CCCOCCc3cccc(F)c3)CC2)c(CO)c1. The van der Waals surface area contributed by atoms with Crippen molar-refractivity contribution in [1.82, 2.24) is 9.80 Å². The van der Waals surface area contributed by atoms with Crippen molar-refractivity contribution in [3.8, 4) is 0 Å². The molecule has 0 unspecified atom stereocenters. The summed E-state index contributed by atoms with van der Waals surface area (Å²) in [7, 11) is 2.05. The number of ether oxygens (including phenoxy) is 1. The molecular formula is C26H36FN3O2S. The van der Waals surface area contributed by atoms with Crippen LogP contribution >= 0.6 is 12.2 Å². The first-order valence-electron chi connectivity index (χ1n) is 11.7. The van der Waals surface area contributed by atoms with Gasteiger partial charge in [-0.25, -0.2) is 4.39 Å². The Morgan fingerprint density at radius 2 is 2.00 bits per heavy atom. The fraction of sp³-hybridized carbons (Fsp3) is 0.500. The lowest BCUT2D eigenvalue weighted by molar-refractivity contribution is 0.111. The lowest BCUT2D eigenvalue weighted by atomic mass is 10.0. The fourth-order valence-corrected chi connectivity index (χ4v) is 4.51. The van der Waals surface area contributed by atoms with Gasteiger partial charge in [-0.2, -0.15) is 0 Å². The summed E-state index contributed by atoms with van der Waals surface area (Å²) in [5.41, 5.74) is 3.82. The van der Waals surface area contributed by atoms with E-state index in [1.807, 2.05) is 31.2 Å². The average molecular weight is 474 g/mol. The van der Waals surface area contributed by atoms with Crippen LogP contribution in [-0.2, 0) is 17.8 Å². The van der Waals surface area contributed by atoms with E-state index in [0.717, 1.165) is 74.3 Å². The highest BCUT2D eigenvalue weighted by molar-refractivity contribution is 7.80. The molecule has 0 aliphatic carbocycles. The average Bonchev–Trinajstić information content (AvgIpc) is 2.82. The number of anilines is 1. The Morgan fingerprint density at radius 1 is 1.21 bits per heavy atom. The molecule has 1 fully saturated rings. The Kier molecular flexibility index (Phi) is 10.1. The van der Waals surface area contributed by atoms with Gasteiger partial charge in [0.2, 0.25) is 0 Å². The van der Waals surface area contributed by atoms with Crippen LogP contribution in [0.3, 0.4) is 0 Å². The first kappa shape index (κ1) is 25.6. The molecule has 5 nitrogen and oxygen atoms in total. The van der Waals surface area contributed by atoms with Crippen LogP contribution in [0.2, 0.25) is 0 Å². The van der Waals surface area contributed by atoms with Crippen molar-refractivity contribution in [2.45, 2.75) is 45.3 Å². The molecule has 2 N–H and O–H groups in total. The zero-order valence-corrected chi connectivity index (χ0v) is 20.5. The third kappa shape index (κ3) is 8.03. The predicted octanol–water partition coefficient (Wildman–Crippen LogP) is 4.37. The van der Waals surface area contributed by atoms with E-state index in [1.54, 1.807) is 12.1 Å². The second kappa shape index (κ2) is 13.0. The van der Waals surface area contributed by atoms with Gasteiger partial charge in [0.05, 0.1) is 13.2 Å². The first-order chi connectivity index (χ1) is 16.0. The Hall–Kier alpha value is -2.06. The molecule has 7 heteroatoms.